The summed E-state index contributed by atoms with van der Waals surface area (Å²) in [5, 5.41) is 0. The van der Waals surface area contributed by atoms with E-state index >= 15 is 0 Å². The Hall–Kier alpha value is -1.06. The molecule has 0 heterocycles. The van der Waals surface area contributed by atoms with Crippen LogP contribution in [0.4, 0.5) is 0 Å². The first-order chi connectivity index (χ1) is 19.0. The second-order valence-corrected chi connectivity index (χ2v) is 12.1. The summed E-state index contributed by atoms with van der Waals surface area (Å²) in [6.07, 6.45) is 33.0. The standard InChI is InChI=1S/C35H69NO3/c1-5-8-11-14-17-19-21-24-27-30-33(29-26-23-16-13-10-7-3)39-35(38)32-36(4)34(37)31-28-25-22-20-18-15-12-9-6-2/h33H,5-32H2,1-4H3. The fourth-order valence-corrected chi connectivity index (χ4v) is 5.38. The number of rotatable bonds is 30. The zero-order valence-corrected chi connectivity index (χ0v) is 27.0. The van der Waals surface area contributed by atoms with Crippen molar-refractivity contribution >= 4 is 11.9 Å². The van der Waals surface area contributed by atoms with E-state index in [1.807, 2.05) is 0 Å². The minimum atomic E-state index is -0.232. The molecule has 0 saturated heterocycles. The molecule has 1 atom stereocenters. The quantitative estimate of drug-likeness (QED) is 0.0658. The summed E-state index contributed by atoms with van der Waals surface area (Å²) >= 11 is 0. The maximum Gasteiger partial charge on any atom is 0.325 e. The lowest BCUT2D eigenvalue weighted by atomic mass is 10.0. The Kier molecular flexibility index (Phi) is 29.1. The first-order valence-electron chi connectivity index (χ1n) is 17.5. The molecule has 4 heteroatoms. The molecule has 0 aromatic heterocycles. The molecule has 0 rings (SSSR count). The van der Waals surface area contributed by atoms with Crippen molar-refractivity contribution in [2.75, 3.05) is 13.6 Å². The van der Waals surface area contributed by atoms with Gasteiger partial charge in [0.05, 0.1) is 0 Å². The molecule has 4 nitrogen and oxygen atoms in total. The van der Waals surface area contributed by atoms with Crippen LogP contribution < -0.4 is 0 Å². The number of unbranched alkanes of at least 4 members (excludes halogenated alkanes) is 21. The third-order valence-corrected chi connectivity index (χ3v) is 8.09. The smallest absolute Gasteiger partial charge is 0.325 e. The van der Waals surface area contributed by atoms with Crippen LogP contribution in [0.5, 0.6) is 0 Å². The second-order valence-electron chi connectivity index (χ2n) is 12.1. The molecule has 0 aliphatic rings. The molecule has 0 aromatic rings. The molecule has 232 valence electrons. The van der Waals surface area contributed by atoms with Gasteiger partial charge in [-0.3, -0.25) is 9.59 Å². The van der Waals surface area contributed by atoms with Gasteiger partial charge in [0.1, 0.15) is 12.6 Å². The Bertz CT molecular complexity index is 536. The van der Waals surface area contributed by atoms with Gasteiger partial charge in [-0.05, 0) is 32.1 Å². The number of nitrogens with zero attached hydrogens (tertiary/aromatic N) is 1. The van der Waals surface area contributed by atoms with Gasteiger partial charge in [0.15, 0.2) is 0 Å². The van der Waals surface area contributed by atoms with E-state index in [2.05, 4.69) is 20.8 Å². The van der Waals surface area contributed by atoms with Gasteiger partial charge in [-0.2, -0.15) is 0 Å². The first-order valence-corrected chi connectivity index (χ1v) is 17.5. The minimum Gasteiger partial charge on any atom is -0.461 e. The predicted molar refractivity (Wildman–Crippen MR) is 169 cm³/mol. The van der Waals surface area contributed by atoms with E-state index in [9.17, 15) is 9.59 Å². The topological polar surface area (TPSA) is 46.6 Å². The largest absolute Gasteiger partial charge is 0.461 e. The van der Waals surface area contributed by atoms with Gasteiger partial charge >= 0.3 is 5.97 Å². The van der Waals surface area contributed by atoms with E-state index in [1.165, 1.54) is 128 Å². The van der Waals surface area contributed by atoms with Crippen molar-refractivity contribution < 1.29 is 14.3 Å². The van der Waals surface area contributed by atoms with E-state index in [0.29, 0.717) is 6.42 Å². The molecule has 0 saturated carbocycles. The van der Waals surface area contributed by atoms with Crippen LogP contribution in [0.1, 0.15) is 194 Å². The van der Waals surface area contributed by atoms with Gasteiger partial charge in [-0.1, -0.05) is 156 Å². The minimum absolute atomic E-state index is 0.00839. The highest BCUT2D eigenvalue weighted by Crippen LogP contribution is 2.18. The Morgan fingerprint density at radius 3 is 1.23 bits per heavy atom. The van der Waals surface area contributed by atoms with Crippen LogP contribution in [0.15, 0.2) is 0 Å². The summed E-state index contributed by atoms with van der Waals surface area (Å²) in [7, 11) is 1.75. The molecule has 0 fully saturated rings. The zero-order chi connectivity index (χ0) is 28.8. The van der Waals surface area contributed by atoms with Crippen LogP contribution >= 0.6 is 0 Å². The van der Waals surface area contributed by atoms with Crippen molar-refractivity contribution in [2.45, 2.75) is 200 Å². The van der Waals surface area contributed by atoms with E-state index < -0.39 is 0 Å². The number of likely N-dealkylation sites (N-methyl/N-ethyl adjacent to an activating group) is 1. The molecule has 0 aliphatic carbocycles. The number of carbonyl (C=O) groups excluding carboxylic acids is 2. The molecule has 0 aromatic carbocycles. The molecule has 1 amide bonds. The van der Waals surface area contributed by atoms with Crippen molar-refractivity contribution in [3.63, 3.8) is 0 Å². The third-order valence-electron chi connectivity index (χ3n) is 8.09. The van der Waals surface area contributed by atoms with E-state index in [4.69, 9.17) is 4.74 Å². The fraction of sp³-hybridized carbons (Fsp3) is 0.943. The summed E-state index contributed by atoms with van der Waals surface area (Å²) in [6, 6.07) is 0. The Morgan fingerprint density at radius 2 is 0.846 bits per heavy atom. The maximum absolute atomic E-state index is 12.7. The maximum atomic E-state index is 12.7. The van der Waals surface area contributed by atoms with Crippen molar-refractivity contribution in [3.05, 3.63) is 0 Å². The first kappa shape index (κ1) is 37.9. The molecule has 0 bridgehead atoms. The molecule has 0 N–H and O–H groups in total. The van der Waals surface area contributed by atoms with Crippen LogP contribution in [-0.2, 0) is 14.3 Å². The molecular formula is C35H69NO3. The molecule has 39 heavy (non-hydrogen) atoms. The number of hydrogen-bond acceptors (Lipinski definition) is 3. The van der Waals surface area contributed by atoms with E-state index in [-0.39, 0.29) is 24.5 Å². The third kappa shape index (κ3) is 26.9. The average molecular weight is 552 g/mol. The lowest BCUT2D eigenvalue weighted by Crippen LogP contribution is -2.34. The van der Waals surface area contributed by atoms with E-state index in [0.717, 1.165) is 38.5 Å². The van der Waals surface area contributed by atoms with Gasteiger partial charge in [0.2, 0.25) is 5.91 Å². The number of esters is 1. The molecular weight excluding hydrogens is 482 g/mol. The molecule has 0 aliphatic heterocycles. The summed E-state index contributed by atoms with van der Waals surface area (Å²) in [5.74, 6) is -0.161. The predicted octanol–water partition coefficient (Wildman–Crippen LogP) is 10.9. The Morgan fingerprint density at radius 1 is 0.513 bits per heavy atom. The summed E-state index contributed by atoms with van der Waals surface area (Å²) < 4.78 is 5.94. The highest BCUT2D eigenvalue weighted by Gasteiger charge is 2.18. The monoisotopic (exact) mass is 552 g/mol. The summed E-state index contributed by atoms with van der Waals surface area (Å²) in [6.45, 7) is 6.85. The summed E-state index contributed by atoms with van der Waals surface area (Å²) in [4.78, 5) is 26.8. The van der Waals surface area contributed by atoms with Crippen molar-refractivity contribution in [1.82, 2.24) is 4.90 Å². The number of ether oxygens (including phenoxy) is 1. The van der Waals surface area contributed by atoms with Gasteiger partial charge in [0, 0.05) is 13.5 Å². The van der Waals surface area contributed by atoms with Gasteiger partial charge < -0.3 is 9.64 Å². The Labute approximate surface area is 244 Å². The zero-order valence-electron chi connectivity index (χ0n) is 27.0. The van der Waals surface area contributed by atoms with Crippen LogP contribution in [0.25, 0.3) is 0 Å². The highest BCUT2D eigenvalue weighted by atomic mass is 16.5. The SMILES string of the molecule is CCCCCCCCCCCC(=O)N(C)CC(=O)OC(CCCCCCCC)CCCCCCCCCCC. The van der Waals surface area contributed by atoms with Crippen molar-refractivity contribution in [2.24, 2.45) is 0 Å². The van der Waals surface area contributed by atoms with Crippen LogP contribution in [0.3, 0.4) is 0 Å². The summed E-state index contributed by atoms with van der Waals surface area (Å²) in [5.41, 5.74) is 0. The van der Waals surface area contributed by atoms with Gasteiger partial charge in [-0.25, -0.2) is 0 Å². The Balaban J connectivity index is 4.23. The van der Waals surface area contributed by atoms with Gasteiger partial charge in [0.25, 0.3) is 0 Å². The number of amides is 1. The lowest BCUT2D eigenvalue weighted by Gasteiger charge is -2.21. The normalized spacial score (nSPS) is 12.0. The number of carbonyl (C=O) groups is 2. The van der Waals surface area contributed by atoms with Crippen LogP contribution in [-0.4, -0.2) is 36.5 Å². The average Bonchev–Trinajstić information content (AvgIpc) is 2.92. The van der Waals surface area contributed by atoms with Crippen LogP contribution in [0, 0.1) is 0 Å². The number of hydrogen-bond donors (Lipinski definition) is 0. The highest BCUT2D eigenvalue weighted by molar-refractivity contribution is 5.81. The van der Waals surface area contributed by atoms with Gasteiger partial charge in [-0.15, -0.1) is 0 Å². The van der Waals surface area contributed by atoms with Crippen molar-refractivity contribution in [3.8, 4) is 0 Å². The van der Waals surface area contributed by atoms with Crippen molar-refractivity contribution in [1.29, 1.82) is 0 Å². The van der Waals surface area contributed by atoms with E-state index in [1.54, 1.807) is 11.9 Å². The molecule has 0 spiro atoms. The second kappa shape index (κ2) is 29.9. The lowest BCUT2D eigenvalue weighted by molar-refractivity contribution is -0.153. The van der Waals surface area contributed by atoms with Crippen LogP contribution in [0.2, 0.25) is 0 Å². The molecule has 1 unspecified atom stereocenters. The molecule has 0 radical (unpaired) electrons. The fourth-order valence-electron chi connectivity index (χ4n) is 5.38.